The number of aromatic hydroxyl groups is 1. The van der Waals surface area contributed by atoms with E-state index >= 15 is 0 Å². The number of aromatic nitrogens is 1. The summed E-state index contributed by atoms with van der Waals surface area (Å²) in [5.41, 5.74) is 2.68. The number of carbonyl (C=O) groups is 1. The van der Waals surface area contributed by atoms with Crippen molar-refractivity contribution in [2.45, 2.75) is 0 Å². The molecule has 0 saturated heterocycles. The van der Waals surface area contributed by atoms with E-state index in [2.05, 4.69) is 15.6 Å². The lowest BCUT2D eigenvalue weighted by atomic mass is 10.2. The van der Waals surface area contributed by atoms with Gasteiger partial charge in [0.25, 0.3) is 0 Å². The Kier molecular flexibility index (Phi) is 7.40. The fraction of sp³-hybridized carbons (Fsp3) is 0. The Labute approximate surface area is 236 Å². The van der Waals surface area contributed by atoms with Gasteiger partial charge in [0.2, 0.25) is 11.8 Å². The lowest BCUT2D eigenvalue weighted by Crippen LogP contribution is -2.32. The van der Waals surface area contributed by atoms with Gasteiger partial charge >= 0.3 is 0 Å². The number of benzene rings is 3. The topological polar surface area (TPSA) is 101 Å². The molecule has 0 radical (unpaired) electrons. The van der Waals surface area contributed by atoms with Crippen molar-refractivity contribution in [1.82, 2.24) is 10.3 Å². The van der Waals surface area contributed by atoms with E-state index in [1.54, 1.807) is 60.7 Å². The third-order valence-electron chi connectivity index (χ3n) is 5.25. The highest BCUT2D eigenvalue weighted by atomic mass is 35.5. The summed E-state index contributed by atoms with van der Waals surface area (Å²) >= 11 is 23.3. The highest BCUT2D eigenvalue weighted by Gasteiger charge is 2.14. The Morgan fingerprint density at radius 3 is 2.47 bits per heavy atom. The van der Waals surface area contributed by atoms with Gasteiger partial charge < -0.3 is 19.3 Å². The lowest BCUT2D eigenvalue weighted by molar-refractivity contribution is -0.115. The summed E-state index contributed by atoms with van der Waals surface area (Å²) in [7, 11) is 0. The molecule has 0 saturated carbocycles. The van der Waals surface area contributed by atoms with Gasteiger partial charge in [-0.3, -0.25) is 10.1 Å². The number of nitrogens with one attached hydrogen (secondary N) is 2. The molecule has 5 rings (SSSR count). The van der Waals surface area contributed by atoms with Gasteiger partial charge in [0.15, 0.2) is 10.7 Å². The predicted molar refractivity (Wildman–Crippen MR) is 154 cm³/mol. The maximum atomic E-state index is 12.3. The molecule has 3 N–H and O–H groups in total. The molecule has 0 aliphatic heterocycles. The van der Waals surface area contributed by atoms with Crippen LogP contribution in [0.2, 0.25) is 15.1 Å². The number of rotatable bonds is 5. The van der Waals surface area contributed by atoms with Crippen LogP contribution < -0.4 is 10.6 Å². The number of hydrogen-bond acceptors (Lipinski definition) is 6. The second kappa shape index (κ2) is 10.9. The number of carbonyl (C=O) groups excluding carboxylic acids is 1. The van der Waals surface area contributed by atoms with E-state index in [4.69, 9.17) is 55.9 Å². The van der Waals surface area contributed by atoms with E-state index in [1.807, 2.05) is 0 Å². The molecule has 2 heterocycles. The molecular formula is C27H16Cl3N3O4S. The van der Waals surface area contributed by atoms with Gasteiger partial charge in [-0.15, -0.1) is 0 Å². The molecular weight excluding hydrogens is 569 g/mol. The molecule has 0 fully saturated rings. The number of oxazole rings is 1. The third kappa shape index (κ3) is 6.00. The number of phenolic OH excluding ortho intramolecular Hbond substituents is 1. The van der Waals surface area contributed by atoms with Crippen LogP contribution in [0.1, 0.15) is 5.76 Å². The number of thiocarbonyl (C=S) groups is 1. The van der Waals surface area contributed by atoms with Gasteiger partial charge in [-0.05, 0) is 79.0 Å². The van der Waals surface area contributed by atoms with Crippen molar-refractivity contribution in [3.8, 4) is 28.5 Å². The summed E-state index contributed by atoms with van der Waals surface area (Å²) in [4.78, 5) is 16.7. The molecule has 0 unspecified atom stereocenters. The Bertz CT molecular complexity index is 1710. The summed E-state index contributed by atoms with van der Waals surface area (Å²) in [6.07, 6.45) is 2.78. The van der Waals surface area contributed by atoms with Crippen molar-refractivity contribution < 1.29 is 18.7 Å². The van der Waals surface area contributed by atoms with E-state index in [0.29, 0.717) is 54.5 Å². The van der Waals surface area contributed by atoms with Gasteiger partial charge in [0.1, 0.15) is 22.8 Å². The quantitative estimate of drug-likeness (QED) is 0.142. The molecule has 3 aromatic carbocycles. The van der Waals surface area contributed by atoms with E-state index in [-0.39, 0.29) is 16.8 Å². The first-order valence-electron chi connectivity index (χ1n) is 11.0. The minimum absolute atomic E-state index is 0.0389. The van der Waals surface area contributed by atoms with Crippen molar-refractivity contribution >= 4 is 80.9 Å². The largest absolute Gasteiger partial charge is 0.507 e. The number of amides is 1. The van der Waals surface area contributed by atoms with Crippen molar-refractivity contribution in [3.63, 3.8) is 0 Å². The molecule has 5 aromatic rings. The second-order valence-corrected chi connectivity index (χ2v) is 9.72. The van der Waals surface area contributed by atoms with Crippen LogP contribution in [0, 0.1) is 0 Å². The molecule has 38 heavy (non-hydrogen) atoms. The Balaban J connectivity index is 1.20. The molecule has 11 heteroatoms. The second-order valence-electron chi connectivity index (χ2n) is 8.00. The zero-order chi connectivity index (χ0) is 26.8. The number of halogens is 3. The van der Waals surface area contributed by atoms with Crippen molar-refractivity contribution in [2.75, 3.05) is 5.32 Å². The van der Waals surface area contributed by atoms with E-state index < -0.39 is 5.91 Å². The molecule has 2 aromatic heterocycles. The number of phenols is 1. The fourth-order valence-corrected chi connectivity index (χ4v) is 4.48. The van der Waals surface area contributed by atoms with Gasteiger partial charge in [0, 0.05) is 38.5 Å². The summed E-state index contributed by atoms with van der Waals surface area (Å²) in [5, 5.41) is 17.4. The number of furan rings is 1. The van der Waals surface area contributed by atoms with Crippen LogP contribution in [0.15, 0.2) is 81.6 Å². The van der Waals surface area contributed by atoms with Crippen LogP contribution in [0.4, 0.5) is 5.69 Å². The van der Waals surface area contributed by atoms with Crippen molar-refractivity contribution in [1.29, 1.82) is 0 Å². The van der Waals surface area contributed by atoms with Crippen LogP contribution in [-0.2, 0) is 4.79 Å². The zero-order valence-corrected chi connectivity index (χ0v) is 22.3. The number of anilines is 1. The first-order valence-corrected chi connectivity index (χ1v) is 12.5. The Morgan fingerprint density at radius 2 is 1.71 bits per heavy atom. The standard InChI is InChI=1S/C27H16Cl3N3O4S/c28-15-1-6-24-21(12-15)32-26(37-24)20-5-2-18(13-22(20)34)31-27(38)33-25(35)8-4-19-3-7-23(36-19)14-9-16(29)11-17(30)10-14/h1-13,34H,(H2,31,33,35,38)/b8-4+. The zero-order valence-electron chi connectivity index (χ0n) is 19.2. The predicted octanol–water partition coefficient (Wildman–Crippen LogP) is 7.95. The maximum Gasteiger partial charge on any atom is 0.250 e. The van der Waals surface area contributed by atoms with Crippen LogP contribution in [0.5, 0.6) is 5.75 Å². The average Bonchev–Trinajstić information content (AvgIpc) is 3.49. The van der Waals surface area contributed by atoms with E-state index in [9.17, 15) is 9.90 Å². The first kappa shape index (κ1) is 25.8. The smallest absolute Gasteiger partial charge is 0.250 e. The minimum atomic E-state index is -0.475. The van der Waals surface area contributed by atoms with Crippen LogP contribution in [-0.4, -0.2) is 21.1 Å². The summed E-state index contributed by atoms with van der Waals surface area (Å²) in [6, 6.07) is 18.3. The fourth-order valence-electron chi connectivity index (χ4n) is 3.57. The highest BCUT2D eigenvalue weighted by Crippen LogP contribution is 2.34. The summed E-state index contributed by atoms with van der Waals surface area (Å²) in [6.45, 7) is 0. The Morgan fingerprint density at radius 1 is 0.921 bits per heavy atom. The molecule has 0 bridgehead atoms. The van der Waals surface area contributed by atoms with Crippen molar-refractivity contribution in [2.24, 2.45) is 0 Å². The SMILES string of the molecule is O=C(/C=C/c1ccc(-c2cc(Cl)cc(Cl)c2)o1)NC(=S)Nc1ccc(-c2nc3cc(Cl)ccc3o2)c(O)c1. The van der Waals surface area contributed by atoms with Gasteiger partial charge in [-0.25, -0.2) is 4.98 Å². The number of nitrogens with zero attached hydrogens (tertiary/aromatic N) is 1. The molecule has 0 spiro atoms. The normalized spacial score (nSPS) is 11.2. The Hall–Kier alpha value is -3.82. The average molecular weight is 585 g/mol. The molecule has 1 amide bonds. The molecule has 190 valence electrons. The molecule has 0 aliphatic carbocycles. The monoisotopic (exact) mass is 583 g/mol. The van der Waals surface area contributed by atoms with E-state index in [1.165, 1.54) is 18.2 Å². The minimum Gasteiger partial charge on any atom is -0.507 e. The van der Waals surface area contributed by atoms with Crippen LogP contribution >= 0.6 is 47.0 Å². The van der Waals surface area contributed by atoms with Crippen molar-refractivity contribution in [3.05, 3.63) is 93.6 Å². The van der Waals surface area contributed by atoms with Gasteiger partial charge in [-0.1, -0.05) is 34.8 Å². The lowest BCUT2D eigenvalue weighted by Gasteiger charge is -2.09. The molecule has 0 atom stereocenters. The van der Waals surface area contributed by atoms with Gasteiger partial charge in [0.05, 0.1) is 5.56 Å². The molecule has 7 nitrogen and oxygen atoms in total. The highest BCUT2D eigenvalue weighted by molar-refractivity contribution is 7.80. The summed E-state index contributed by atoms with van der Waals surface area (Å²) < 4.78 is 11.4. The van der Waals surface area contributed by atoms with Crippen LogP contribution in [0.25, 0.3) is 40.0 Å². The first-order chi connectivity index (χ1) is 18.2. The van der Waals surface area contributed by atoms with Crippen LogP contribution in [0.3, 0.4) is 0 Å². The molecule has 0 aliphatic rings. The van der Waals surface area contributed by atoms with Gasteiger partial charge in [-0.2, -0.15) is 0 Å². The summed E-state index contributed by atoms with van der Waals surface area (Å²) in [5.74, 6) is 0.684. The number of fused-ring (bicyclic) bond motifs is 1. The third-order valence-corrected chi connectivity index (χ3v) is 6.12. The number of hydrogen-bond donors (Lipinski definition) is 3. The maximum absolute atomic E-state index is 12.3. The van der Waals surface area contributed by atoms with E-state index in [0.717, 1.165) is 0 Å².